The Morgan fingerprint density at radius 3 is 2.59 bits per heavy atom. The number of sulfonamides is 1. The lowest BCUT2D eigenvalue weighted by Crippen LogP contribution is -2.30. The van der Waals surface area contributed by atoms with E-state index >= 15 is 0 Å². The Balaban J connectivity index is 1.39. The molecule has 1 atom stereocenters. The predicted octanol–water partition coefficient (Wildman–Crippen LogP) is 5.07. The van der Waals surface area contributed by atoms with Gasteiger partial charge < -0.3 is 4.90 Å². The molecular weight excluding hydrogens is 442 g/mol. The van der Waals surface area contributed by atoms with Crippen LogP contribution >= 0.6 is 11.3 Å². The summed E-state index contributed by atoms with van der Waals surface area (Å²) in [6.45, 7) is 0.652. The fraction of sp³-hybridized carbons (Fsp3) is 0.167. The summed E-state index contributed by atoms with van der Waals surface area (Å²) in [5.74, 6) is -0.118. The molecule has 32 heavy (non-hydrogen) atoms. The Bertz CT molecular complexity index is 1350. The SMILES string of the molecule is O=C(c1cccc(NS(=O)(=O)c2ccccc2)c1)N1CCC[C@@H]1c1nc2ccccc2s1. The van der Waals surface area contributed by atoms with Crippen molar-refractivity contribution in [1.82, 2.24) is 9.88 Å². The molecule has 0 bridgehead atoms. The highest BCUT2D eigenvalue weighted by molar-refractivity contribution is 7.92. The van der Waals surface area contributed by atoms with Crippen LogP contribution in [-0.2, 0) is 10.0 Å². The highest BCUT2D eigenvalue weighted by Crippen LogP contribution is 2.37. The molecule has 0 aliphatic carbocycles. The van der Waals surface area contributed by atoms with Crippen molar-refractivity contribution in [3.8, 4) is 0 Å². The van der Waals surface area contributed by atoms with Crippen LogP contribution in [0, 0.1) is 0 Å². The molecule has 8 heteroatoms. The largest absolute Gasteiger partial charge is 0.329 e. The average Bonchev–Trinajstić information content (AvgIpc) is 3.46. The number of amides is 1. The second kappa shape index (κ2) is 8.37. The number of nitrogens with one attached hydrogen (secondary N) is 1. The van der Waals surface area contributed by atoms with Crippen molar-refractivity contribution in [3.05, 3.63) is 89.4 Å². The fourth-order valence-corrected chi connectivity index (χ4v) is 6.18. The van der Waals surface area contributed by atoms with Gasteiger partial charge in [0.1, 0.15) is 5.01 Å². The molecular formula is C24H21N3O3S2. The number of para-hydroxylation sites is 1. The minimum atomic E-state index is -3.73. The lowest BCUT2D eigenvalue weighted by atomic mass is 10.1. The lowest BCUT2D eigenvalue weighted by Gasteiger charge is -2.23. The van der Waals surface area contributed by atoms with Gasteiger partial charge in [-0.2, -0.15) is 0 Å². The quantitative estimate of drug-likeness (QED) is 0.448. The maximum Gasteiger partial charge on any atom is 0.261 e. The van der Waals surface area contributed by atoms with Gasteiger partial charge in [0.15, 0.2) is 0 Å². The monoisotopic (exact) mass is 463 g/mol. The molecule has 1 N–H and O–H groups in total. The molecule has 4 aromatic rings. The third-order valence-corrected chi connectivity index (χ3v) is 8.06. The number of thiazole rings is 1. The van der Waals surface area contributed by atoms with Crippen LogP contribution in [0.4, 0.5) is 5.69 Å². The Hall–Kier alpha value is -3.23. The van der Waals surface area contributed by atoms with E-state index in [1.807, 2.05) is 29.2 Å². The maximum absolute atomic E-state index is 13.4. The van der Waals surface area contributed by atoms with Gasteiger partial charge in [-0.25, -0.2) is 13.4 Å². The van der Waals surface area contributed by atoms with Gasteiger partial charge in [0, 0.05) is 17.8 Å². The number of aromatic nitrogens is 1. The van der Waals surface area contributed by atoms with Crippen LogP contribution in [0.15, 0.2) is 83.8 Å². The van der Waals surface area contributed by atoms with E-state index in [-0.39, 0.29) is 16.8 Å². The van der Waals surface area contributed by atoms with Gasteiger partial charge in [0.2, 0.25) is 0 Å². The molecule has 1 amide bonds. The van der Waals surface area contributed by atoms with Gasteiger partial charge in [-0.05, 0) is 55.3 Å². The molecule has 5 rings (SSSR count). The normalized spacial score (nSPS) is 16.4. The molecule has 1 saturated heterocycles. The van der Waals surface area contributed by atoms with Crippen molar-refractivity contribution in [1.29, 1.82) is 0 Å². The predicted molar refractivity (Wildman–Crippen MR) is 126 cm³/mol. The van der Waals surface area contributed by atoms with Crippen LogP contribution in [-0.4, -0.2) is 30.8 Å². The van der Waals surface area contributed by atoms with Crippen LogP contribution in [0.1, 0.15) is 34.2 Å². The average molecular weight is 464 g/mol. The Labute approximate surface area is 190 Å². The lowest BCUT2D eigenvalue weighted by molar-refractivity contribution is 0.0735. The van der Waals surface area contributed by atoms with Gasteiger partial charge in [-0.15, -0.1) is 11.3 Å². The Morgan fingerprint density at radius 1 is 1.00 bits per heavy atom. The van der Waals surface area contributed by atoms with Crippen LogP contribution in [0.25, 0.3) is 10.2 Å². The maximum atomic E-state index is 13.4. The number of nitrogens with zero attached hydrogens (tertiary/aromatic N) is 2. The molecule has 0 spiro atoms. The van der Waals surface area contributed by atoms with Crippen molar-refractivity contribution in [2.45, 2.75) is 23.8 Å². The number of carbonyl (C=O) groups excluding carboxylic acids is 1. The van der Waals surface area contributed by atoms with Gasteiger partial charge in [0.25, 0.3) is 15.9 Å². The minimum absolute atomic E-state index is 0.0652. The number of anilines is 1. The molecule has 1 aliphatic heterocycles. The molecule has 0 saturated carbocycles. The standard InChI is InChI=1S/C24H21N3O3S2/c28-24(27-15-7-13-21(27)23-25-20-12-4-5-14-22(20)31-23)17-8-6-9-18(16-17)26-32(29,30)19-10-2-1-3-11-19/h1-6,8-12,14,16,21,26H,7,13,15H2/t21-/m1/s1. The summed E-state index contributed by atoms with van der Waals surface area (Å²) in [6, 6.07) is 22.7. The molecule has 0 unspecified atom stereocenters. The van der Waals surface area contributed by atoms with Crippen LogP contribution in [0.5, 0.6) is 0 Å². The molecule has 2 heterocycles. The minimum Gasteiger partial charge on any atom is -0.329 e. The number of carbonyl (C=O) groups is 1. The highest BCUT2D eigenvalue weighted by atomic mass is 32.2. The van der Waals surface area contributed by atoms with E-state index < -0.39 is 10.0 Å². The third kappa shape index (κ3) is 3.99. The summed E-state index contributed by atoms with van der Waals surface area (Å²) in [5, 5.41) is 0.943. The van der Waals surface area contributed by atoms with Crippen molar-refractivity contribution >= 4 is 43.2 Å². The van der Waals surface area contributed by atoms with Crippen LogP contribution in [0.2, 0.25) is 0 Å². The molecule has 1 fully saturated rings. The van der Waals surface area contributed by atoms with E-state index in [2.05, 4.69) is 4.72 Å². The Kier molecular flexibility index (Phi) is 5.40. The first kappa shape index (κ1) is 20.7. The zero-order valence-electron chi connectivity index (χ0n) is 17.1. The fourth-order valence-electron chi connectivity index (χ4n) is 3.99. The van der Waals surface area contributed by atoms with Gasteiger partial charge >= 0.3 is 0 Å². The number of likely N-dealkylation sites (tertiary alicyclic amines) is 1. The first-order chi connectivity index (χ1) is 15.5. The van der Waals surface area contributed by atoms with E-state index in [1.165, 1.54) is 12.1 Å². The van der Waals surface area contributed by atoms with Crippen molar-refractivity contribution in [2.75, 3.05) is 11.3 Å². The van der Waals surface area contributed by atoms with E-state index in [0.29, 0.717) is 17.8 Å². The summed E-state index contributed by atoms with van der Waals surface area (Å²) in [6.07, 6.45) is 1.78. The second-order valence-corrected chi connectivity index (χ2v) is 10.4. The van der Waals surface area contributed by atoms with Gasteiger partial charge in [-0.3, -0.25) is 9.52 Å². The number of benzene rings is 3. The second-order valence-electron chi connectivity index (χ2n) is 7.68. The van der Waals surface area contributed by atoms with E-state index in [9.17, 15) is 13.2 Å². The number of hydrogen-bond acceptors (Lipinski definition) is 5. The van der Waals surface area contributed by atoms with Crippen molar-refractivity contribution < 1.29 is 13.2 Å². The molecule has 162 valence electrons. The van der Waals surface area contributed by atoms with Crippen molar-refractivity contribution in [2.24, 2.45) is 0 Å². The first-order valence-electron chi connectivity index (χ1n) is 10.4. The van der Waals surface area contributed by atoms with Crippen molar-refractivity contribution in [3.63, 3.8) is 0 Å². The molecule has 6 nitrogen and oxygen atoms in total. The third-order valence-electron chi connectivity index (χ3n) is 5.52. The van der Waals surface area contributed by atoms with Gasteiger partial charge in [0.05, 0.1) is 21.2 Å². The summed E-state index contributed by atoms with van der Waals surface area (Å²) in [4.78, 5) is 20.1. The van der Waals surface area contributed by atoms with E-state index in [4.69, 9.17) is 4.98 Å². The zero-order valence-corrected chi connectivity index (χ0v) is 18.8. The molecule has 1 aliphatic rings. The molecule has 3 aromatic carbocycles. The van der Waals surface area contributed by atoms with Crippen LogP contribution in [0.3, 0.4) is 0 Å². The number of hydrogen-bond donors (Lipinski definition) is 1. The summed E-state index contributed by atoms with van der Waals surface area (Å²) < 4.78 is 29.0. The zero-order chi connectivity index (χ0) is 22.1. The first-order valence-corrected chi connectivity index (χ1v) is 12.7. The van der Waals surface area contributed by atoms with Gasteiger partial charge in [-0.1, -0.05) is 36.4 Å². The highest BCUT2D eigenvalue weighted by Gasteiger charge is 2.33. The number of rotatable bonds is 5. The van der Waals surface area contributed by atoms with E-state index in [1.54, 1.807) is 53.8 Å². The smallest absolute Gasteiger partial charge is 0.261 e. The van der Waals surface area contributed by atoms with E-state index in [0.717, 1.165) is 28.1 Å². The Morgan fingerprint density at radius 2 is 1.78 bits per heavy atom. The topological polar surface area (TPSA) is 79.4 Å². The van der Waals surface area contributed by atoms with Crippen LogP contribution < -0.4 is 4.72 Å². The summed E-state index contributed by atoms with van der Waals surface area (Å²) in [7, 11) is -3.73. The molecule has 1 aromatic heterocycles. The summed E-state index contributed by atoms with van der Waals surface area (Å²) >= 11 is 1.62. The number of fused-ring (bicyclic) bond motifs is 1. The summed E-state index contributed by atoms with van der Waals surface area (Å²) in [5.41, 5.74) is 1.76. The molecule has 0 radical (unpaired) electrons.